The van der Waals surface area contributed by atoms with Gasteiger partial charge in [0.25, 0.3) is 0 Å². The third-order valence-electron chi connectivity index (χ3n) is 2.40. The maximum atomic E-state index is 5.17. The van der Waals surface area contributed by atoms with Crippen LogP contribution in [0.5, 0.6) is 5.75 Å². The van der Waals surface area contributed by atoms with Crippen LogP contribution in [-0.4, -0.2) is 13.7 Å². The number of methoxy groups -OCH3 is 1. The molecule has 2 nitrogen and oxygen atoms in total. The Morgan fingerprint density at radius 2 is 2.25 bits per heavy atom. The molecule has 0 saturated carbocycles. The molecule has 1 aromatic carbocycles. The van der Waals surface area contributed by atoms with Crippen molar-refractivity contribution in [3.63, 3.8) is 0 Å². The van der Waals surface area contributed by atoms with E-state index in [1.54, 1.807) is 7.11 Å². The van der Waals surface area contributed by atoms with Gasteiger partial charge in [0.05, 0.1) is 13.7 Å². The maximum absolute atomic E-state index is 5.17. The summed E-state index contributed by atoms with van der Waals surface area (Å²) in [6, 6.07) is 6.37. The highest BCUT2D eigenvalue weighted by atomic mass is 16.5. The Bertz CT molecular complexity index is 283. The fraction of sp³-hybridized carbons (Fsp3) is 0.400. The Labute approximate surface area is 72.5 Å². The second-order valence-corrected chi connectivity index (χ2v) is 3.17. The summed E-state index contributed by atoms with van der Waals surface area (Å²) in [6.45, 7) is 2.33. The summed E-state index contributed by atoms with van der Waals surface area (Å²) in [4.78, 5) is 0. The Morgan fingerprint density at radius 1 is 1.33 bits per heavy atom. The lowest BCUT2D eigenvalue weighted by atomic mass is 10.0. The van der Waals surface area contributed by atoms with E-state index in [2.05, 4.69) is 17.4 Å². The lowest BCUT2D eigenvalue weighted by Crippen LogP contribution is -2.84. The zero-order valence-electron chi connectivity index (χ0n) is 7.34. The summed E-state index contributed by atoms with van der Waals surface area (Å²) < 4.78 is 5.17. The molecule has 1 aromatic rings. The lowest BCUT2D eigenvalue weighted by molar-refractivity contribution is -0.673. The molecule has 2 rings (SSSR count). The van der Waals surface area contributed by atoms with Crippen LogP contribution in [0.3, 0.4) is 0 Å². The monoisotopic (exact) mass is 164 g/mol. The number of quaternary nitrogens is 1. The van der Waals surface area contributed by atoms with Gasteiger partial charge in [-0.15, -0.1) is 0 Å². The SMILES string of the molecule is COc1ccc2c(c1)CC[NH2+]C2. The van der Waals surface area contributed by atoms with Gasteiger partial charge in [-0.1, -0.05) is 0 Å². The minimum atomic E-state index is 0.982. The molecule has 0 aromatic heterocycles. The summed E-state index contributed by atoms with van der Waals surface area (Å²) in [5, 5.41) is 2.34. The standard InChI is InChI=1S/C10H13NO/c1-12-10-3-2-9-7-11-5-4-8(9)6-10/h2-3,6,11H,4-5,7H2,1H3/p+1. The number of benzene rings is 1. The maximum Gasteiger partial charge on any atom is 0.119 e. The molecule has 2 heteroatoms. The summed E-state index contributed by atoms with van der Waals surface area (Å²) in [7, 11) is 1.72. The van der Waals surface area contributed by atoms with E-state index in [0.29, 0.717) is 0 Å². The van der Waals surface area contributed by atoms with Crippen molar-refractivity contribution >= 4 is 0 Å². The first-order valence-corrected chi connectivity index (χ1v) is 4.37. The van der Waals surface area contributed by atoms with Gasteiger partial charge in [0, 0.05) is 12.0 Å². The van der Waals surface area contributed by atoms with E-state index in [1.165, 1.54) is 24.1 Å². The van der Waals surface area contributed by atoms with E-state index in [4.69, 9.17) is 4.74 Å². The normalized spacial score (nSPS) is 15.4. The molecule has 0 bridgehead atoms. The molecule has 1 heterocycles. The Balaban J connectivity index is 2.36. The summed E-state index contributed by atoms with van der Waals surface area (Å²) in [6.07, 6.45) is 1.17. The minimum Gasteiger partial charge on any atom is -0.497 e. The summed E-state index contributed by atoms with van der Waals surface area (Å²) in [5.41, 5.74) is 2.92. The fourth-order valence-corrected chi connectivity index (χ4v) is 1.68. The number of rotatable bonds is 1. The first-order valence-electron chi connectivity index (χ1n) is 4.37. The zero-order valence-corrected chi connectivity index (χ0v) is 7.34. The molecule has 0 amide bonds. The van der Waals surface area contributed by atoms with Gasteiger partial charge in [0.15, 0.2) is 0 Å². The van der Waals surface area contributed by atoms with E-state index in [-0.39, 0.29) is 0 Å². The number of hydrogen-bond donors (Lipinski definition) is 1. The molecule has 0 spiro atoms. The molecule has 1 aliphatic heterocycles. The first-order chi connectivity index (χ1) is 5.90. The molecule has 64 valence electrons. The molecule has 0 radical (unpaired) electrons. The molecule has 2 N–H and O–H groups in total. The Hall–Kier alpha value is -1.02. The fourth-order valence-electron chi connectivity index (χ4n) is 1.68. The second kappa shape index (κ2) is 3.15. The Morgan fingerprint density at radius 3 is 3.08 bits per heavy atom. The average Bonchev–Trinajstić information content (AvgIpc) is 2.17. The van der Waals surface area contributed by atoms with Crippen molar-refractivity contribution in [3.8, 4) is 5.75 Å². The van der Waals surface area contributed by atoms with Crippen molar-refractivity contribution in [2.24, 2.45) is 0 Å². The second-order valence-electron chi connectivity index (χ2n) is 3.17. The van der Waals surface area contributed by atoms with Crippen LogP contribution < -0.4 is 10.1 Å². The van der Waals surface area contributed by atoms with Gasteiger partial charge in [-0.05, 0) is 23.8 Å². The molecule has 12 heavy (non-hydrogen) atoms. The highest BCUT2D eigenvalue weighted by molar-refractivity contribution is 5.35. The van der Waals surface area contributed by atoms with Crippen LogP contribution in [0.1, 0.15) is 11.1 Å². The van der Waals surface area contributed by atoms with E-state index >= 15 is 0 Å². The topological polar surface area (TPSA) is 25.8 Å². The van der Waals surface area contributed by atoms with Crippen LogP contribution >= 0.6 is 0 Å². The Kier molecular flexibility index (Phi) is 2.00. The molecule has 0 aliphatic carbocycles. The average molecular weight is 164 g/mol. The highest BCUT2D eigenvalue weighted by Crippen LogP contribution is 2.18. The summed E-state index contributed by atoms with van der Waals surface area (Å²) in [5.74, 6) is 0.982. The van der Waals surface area contributed by atoms with Gasteiger partial charge < -0.3 is 10.1 Å². The molecule has 0 saturated heterocycles. The van der Waals surface area contributed by atoms with Gasteiger partial charge in [-0.2, -0.15) is 0 Å². The predicted octanol–water partition coefficient (Wildman–Crippen LogP) is 0.315. The molecular formula is C10H14NO+. The van der Waals surface area contributed by atoms with Crippen LogP contribution in [0.4, 0.5) is 0 Å². The predicted molar refractivity (Wildman–Crippen MR) is 47.2 cm³/mol. The number of fused-ring (bicyclic) bond motifs is 1. The number of ether oxygens (including phenoxy) is 1. The highest BCUT2D eigenvalue weighted by Gasteiger charge is 2.10. The first kappa shape index (κ1) is 7.62. The summed E-state index contributed by atoms with van der Waals surface area (Å²) >= 11 is 0. The van der Waals surface area contributed by atoms with Crippen LogP contribution in [-0.2, 0) is 13.0 Å². The largest absolute Gasteiger partial charge is 0.497 e. The lowest BCUT2D eigenvalue weighted by Gasteiger charge is -2.14. The van der Waals surface area contributed by atoms with E-state index in [1.807, 2.05) is 6.07 Å². The van der Waals surface area contributed by atoms with Crippen molar-refractivity contribution in [1.29, 1.82) is 0 Å². The quantitative estimate of drug-likeness (QED) is 0.635. The van der Waals surface area contributed by atoms with Gasteiger partial charge in [0.1, 0.15) is 12.3 Å². The third-order valence-corrected chi connectivity index (χ3v) is 2.40. The smallest absolute Gasteiger partial charge is 0.119 e. The van der Waals surface area contributed by atoms with Crippen molar-refractivity contribution in [2.45, 2.75) is 13.0 Å². The van der Waals surface area contributed by atoms with E-state index < -0.39 is 0 Å². The van der Waals surface area contributed by atoms with Gasteiger partial charge >= 0.3 is 0 Å². The molecule has 0 atom stereocenters. The molecule has 0 fully saturated rings. The van der Waals surface area contributed by atoms with Crippen molar-refractivity contribution in [1.82, 2.24) is 0 Å². The number of hydrogen-bond acceptors (Lipinski definition) is 1. The van der Waals surface area contributed by atoms with E-state index in [9.17, 15) is 0 Å². The van der Waals surface area contributed by atoms with Crippen molar-refractivity contribution in [2.75, 3.05) is 13.7 Å². The minimum absolute atomic E-state index is 0.982. The van der Waals surface area contributed by atoms with Crippen LogP contribution in [0.2, 0.25) is 0 Å². The molecule has 1 aliphatic rings. The van der Waals surface area contributed by atoms with E-state index in [0.717, 1.165) is 12.3 Å². The van der Waals surface area contributed by atoms with Gasteiger partial charge in [-0.25, -0.2) is 0 Å². The third kappa shape index (κ3) is 1.30. The van der Waals surface area contributed by atoms with Crippen molar-refractivity contribution < 1.29 is 10.1 Å². The molecular weight excluding hydrogens is 150 g/mol. The van der Waals surface area contributed by atoms with Crippen LogP contribution in [0.15, 0.2) is 18.2 Å². The van der Waals surface area contributed by atoms with Crippen molar-refractivity contribution in [3.05, 3.63) is 29.3 Å². The van der Waals surface area contributed by atoms with Gasteiger partial charge in [0.2, 0.25) is 0 Å². The van der Waals surface area contributed by atoms with Crippen LogP contribution in [0, 0.1) is 0 Å². The zero-order chi connectivity index (χ0) is 8.39. The number of nitrogens with two attached hydrogens (primary N) is 1. The molecule has 0 unspecified atom stereocenters. The van der Waals surface area contributed by atoms with Crippen LogP contribution in [0.25, 0.3) is 0 Å². The van der Waals surface area contributed by atoms with Gasteiger partial charge in [-0.3, -0.25) is 0 Å².